The van der Waals surface area contributed by atoms with Crippen LogP contribution in [0.15, 0.2) is 24.4 Å². The Labute approximate surface area is 111 Å². The minimum Gasteiger partial charge on any atom is -0.496 e. The number of aliphatic hydroxyl groups excluding tert-OH is 1. The van der Waals surface area contributed by atoms with Crippen LogP contribution >= 0.6 is 0 Å². The molecule has 0 aliphatic heterocycles. The average molecular weight is 260 g/mol. The maximum atomic E-state index is 9.10. The van der Waals surface area contributed by atoms with Crippen molar-refractivity contribution in [3.63, 3.8) is 0 Å². The van der Waals surface area contributed by atoms with Gasteiger partial charge in [-0.25, -0.2) is 9.97 Å². The van der Waals surface area contributed by atoms with Crippen LogP contribution in [0, 0.1) is 6.92 Å². The van der Waals surface area contributed by atoms with Crippen LogP contribution in [0.25, 0.3) is 11.3 Å². The van der Waals surface area contributed by atoms with E-state index in [2.05, 4.69) is 9.97 Å². The molecule has 1 heterocycles. The molecule has 5 nitrogen and oxygen atoms in total. The highest BCUT2D eigenvalue weighted by molar-refractivity contribution is 5.71. The first-order chi connectivity index (χ1) is 9.21. The van der Waals surface area contributed by atoms with Crippen LogP contribution in [0.1, 0.15) is 11.4 Å². The van der Waals surface area contributed by atoms with Gasteiger partial charge in [-0.1, -0.05) is 0 Å². The van der Waals surface area contributed by atoms with Gasteiger partial charge in [-0.3, -0.25) is 0 Å². The lowest BCUT2D eigenvalue weighted by molar-refractivity contribution is 0.271. The molecule has 0 aliphatic carbocycles. The van der Waals surface area contributed by atoms with E-state index < -0.39 is 0 Å². The number of rotatable bonds is 4. The highest BCUT2D eigenvalue weighted by atomic mass is 16.5. The van der Waals surface area contributed by atoms with Crippen LogP contribution < -0.4 is 9.47 Å². The number of hydrogen-bond acceptors (Lipinski definition) is 5. The van der Waals surface area contributed by atoms with Crippen LogP contribution in [0.2, 0.25) is 0 Å². The van der Waals surface area contributed by atoms with Crippen molar-refractivity contribution in [3.05, 3.63) is 35.8 Å². The second kappa shape index (κ2) is 5.67. The molecule has 2 rings (SSSR count). The monoisotopic (exact) mass is 260 g/mol. The number of methoxy groups -OCH3 is 2. The molecule has 100 valence electrons. The van der Waals surface area contributed by atoms with Gasteiger partial charge < -0.3 is 14.6 Å². The van der Waals surface area contributed by atoms with Crippen molar-refractivity contribution in [2.24, 2.45) is 0 Å². The summed E-state index contributed by atoms with van der Waals surface area (Å²) in [5.74, 6) is 1.85. The van der Waals surface area contributed by atoms with E-state index in [1.54, 1.807) is 26.5 Å². The van der Waals surface area contributed by atoms with Gasteiger partial charge in [0.25, 0.3) is 0 Å². The number of ether oxygens (including phenoxy) is 2. The minimum atomic E-state index is -0.189. The van der Waals surface area contributed by atoms with Crippen LogP contribution in [0.5, 0.6) is 11.5 Å². The Morgan fingerprint density at radius 2 is 1.95 bits per heavy atom. The number of aliphatic hydroxyl groups is 1. The van der Waals surface area contributed by atoms with Crippen molar-refractivity contribution < 1.29 is 14.6 Å². The highest BCUT2D eigenvalue weighted by Crippen LogP contribution is 2.36. The molecule has 0 aliphatic rings. The maximum absolute atomic E-state index is 9.10. The zero-order chi connectivity index (χ0) is 13.8. The molecule has 0 radical (unpaired) electrons. The molecule has 19 heavy (non-hydrogen) atoms. The molecule has 1 N–H and O–H groups in total. The third-order valence-electron chi connectivity index (χ3n) is 2.90. The van der Waals surface area contributed by atoms with E-state index in [0.29, 0.717) is 17.3 Å². The molecule has 0 bridgehead atoms. The largest absolute Gasteiger partial charge is 0.496 e. The van der Waals surface area contributed by atoms with Crippen molar-refractivity contribution in [2.45, 2.75) is 13.5 Å². The fourth-order valence-electron chi connectivity index (χ4n) is 1.98. The van der Waals surface area contributed by atoms with E-state index >= 15 is 0 Å². The lowest BCUT2D eigenvalue weighted by Gasteiger charge is -2.14. The Morgan fingerprint density at radius 1 is 1.16 bits per heavy atom. The van der Waals surface area contributed by atoms with E-state index in [0.717, 1.165) is 16.9 Å². The Hall–Kier alpha value is -2.14. The summed E-state index contributed by atoms with van der Waals surface area (Å²) in [5, 5.41) is 9.10. The first-order valence-corrected chi connectivity index (χ1v) is 5.86. The van der Waals surface area contributed by atoms with Gasteiger partial charge in [0.1, 0.15) is 18.1 Å². The van der Waals surface area contributed by atoms with Crippen molar-refractivity contribution in [1.29, 1.82) is 0 Å². The van der Waals surface area contributed by atoms with Gasteiger partial charge in [0, 0.05) is 17.3 Å². The lowest BCUT2D eigenvalue weighted by Crippen LogP contribution is -1.99. The molecule has 2 aromatic rings. The van der Waals surface area contributed by atoms with Crippen molar-refractivity contribution in [1.82, 2.24) is 9.97 Å². The van der Waals surface area contributed by atoms with E-state index in [1.807, 2.05) is 19.1 Å². The lowest BCUT2D eigenvalue weighted by atomic mass is 10.1. The summed E-state index contributed by atoms with van der Waals surface area (Å²) in [5.41, 5.74) is 2.46. The van der Waals surface area contributed by atoms with Crippen molar-refractivity contribution in [3.8, 4) is 22.8 Å². The van der Waals surface area contributed by atoms with Gasteiger partial charge in [-0.15, -0.1) is 0 Å². The Morgan fingerprint density at radius 3 is 2.58 bits per heavy atom. The molecular weight excluding hydrogens is 244 g/mol. The predicted octanol–water partition coefficient (Wildman–Crippen LogP) is 1.96. The summed E-state index contributed by atoms with van der Waals surface area (Å²) in [6.07, 6.45) is 1.62. The number of nitrogens with zero attached hydrogens (tertiary/aromatic N) is 2. The number of hydrogen-bond donors (Lipinski definition) is 1. The summed E-state index contributed by atoms with van der Waals surface area (Å²) < 4.78 is 10.7. The molecule has 0 saturated heterocycles. The van der Waals surface area contributed by atoms with Gasteiger partial charge in [-0.2, -0.15) is 0 Å². The Balaban J connectivity index is 2.58. The molecule has 0 atom stereocenters. The average Bonchev–Trinajstić information content (AvgIpc) is 2.47. The molecule has 0 saturated carbocycles. The fourth-order valence-corrected chi connectivity index (χ4v) is 1.98. The summed E-state index contributed by atoms with van der Waals surface area (Å²) >= 11 is 0. The third kappa shape index (κ3) is 2.51. The Kier molecular flexibility index (Phi) is 3.97. The highest BCUT2D eigenvalue weighted by Gasteiger charge is 2.14. The molecule has 1 aromatic heterocycles. The summed E-state index contributed by atoms with van der Waals surface area (Å²) in [6, 6.07) is 5.53. The van der Waals surface area contributed by atoms with Gasteiger partial charge in [-0.05, 0) is 25.1 Å². The maximum Gasteiger partial charge on any atom is 0.154 e. The number of benzene rings is 1. The summed E-state index contributed by atoms with van der Waals surface area (Å²) in [6.45, 7) is 1.74. The van der Waals surface area contributed by atoms with Gasteiger partial charge in [0.05, 0.1) is 19.9 Å². The van der Waals surface area contributed by atoms with Crippen molar-refractivity contribution >= 4 is 0 Å². The summed E-state index contributed by atoms with van der Waals surface area (Å²) in [4.78, 5) is 8.25. The van der Waals surface area contributed by atoms with Gasteiger partial charge in [0.15, 0.2) is 5.82 Å². The fraction of sp³-hybridized carbons (Fsp3) is 0.286. The van der Waals surface area contributed by atoms with E-state index in [1.165, 1.54) is 0 Å². The Bertz CT molecular complexity index is 585. The van der Waals surface area contributed by atoms with Crippen LogP contribution in [0.3, 0.4) is 0 Å². The third-order valence-corrected chi connectivity index (χ3v) is 2.90. The van der Waals surface area contributed by atoms with Crippen LogP contribution in [-0.4, -0.2) is 29.3 Å². The standard InChI is InChI=1S/C14H16N2O3/c1-9-12(18-2)5-4-10(14(9)19-3)11-6-7-15-13(8-17)16-11/h4-7,17H,8H2,1-3H3. The molecule has 0 fully saturated rings. The quantitative estimate of drug-likeness (QED) is 0.910. The van der Waals surface area contributed by atoms with Crippen LogP contribution in [-0.2, 0) is 6.61 Å². The smallest absolute Gasteiger partial charge is 0.154 e. The molecule has 1 aromatic carbocycles. The topological polar surface area (TPSA) is 64.5 Å². The van der Waals surface area contributed by atoms with Gasteiger partial charge >= 0.3 is 0 Å². The summed E-state index contributed by atoms with van der Waals surface area (Å²) in [7, 11) is 3.23. The number of aromatic nitrogens is 2. The minimum absolute atomic E-state index is 0.189. The van der Waals surface area contributed by atoms with E-state index in [9.17, 15) is 0 Å². The first kappa shape index (κ1) is 13.3. The zero-order valence-corrected chi connectivity index (χ0v) is 11.2. The second-order valence-electron chi connectivity index (χ2n) is 3.99. The molecule has 0 spiro atoms. The van der Waals surface area contributed by atoms with E-state index in [4.69, 9.17) is 14.6 Å². The van der Waals surface area contributed by atoms with E-state index in [-0.39, 0.29) is 6.61 Å². The van der Waals surface area contributed by atoms with Crippen LogP contribution in [0.4, 0.5) is 0 Å². The SMILES string of the molecule is COc1ccc(-c2ccnc(CO)n2)c(OC)c1C. The molecule has 5 heteroatoms. The van der Waals surface area contributed by atoms with Gasteiger partial charge in [0.2, 0.25) is 0 Å². The first-order valence-electron chi connectivity index (χ1n) is 5.86. The zero-order valence-electron chi connectivity index (χ0n) is 11.2. The van der Waals surface area contributed by atoms with Crippen molar-refractivity contribution in [2.75, 3.05) is 14.2 Å². The normalized spacial score (nSPS) is 10.3. The molecular formula is C14H16N2O3. The molecule has 0 amide bonds. The second-order valence-corrected chi connectivity index (χ2v) is 3.99. The molecule has 0 unspecified atom stereocenters. The predicted molar refractivity (Wildman–Crippen MR) is 71.2 cm³/mol.